The number of aromatic nitrogens is 2. The number of halogens is 1. The molecule has 0 atom stereocenters. The lowest BCUT2D eigenvalue weighted by Crippen LogP contribution is -2.13. The van der Waals surface area contributed by atoms with Crippen LogP contribution in [0.15, 0.2) is 16.9 Å². The molecule has 0 unspecified atom stereocenters. The molecule has 0 spiro atoms. The van der Waals surface area contributed by atoms with Crippen LogP contribution in [0.4, 0.5) is 0 Å². The Labute approximate surface area is 65.0 Å². The topological polar surface area (TPSA) is 58.7 Å². The summed E-state index contributed by atoms with van der Waals surface area (Å²) in [5, 5.41) is 11.9. The number of hydrogen-bond acceptors (Lipinski definition) is 3. The van der Waals surface area contributed by atoms with Crippen LogP contribution in [-0.2, 0) is 0 Å². The van der Waals surface area contributed by atoms with E-state index in [2.05, 4.69) is 21.2 Å². The maximum atomic E-state index is 10.6. The number of nitriles is 1. The summed E-state index contributed by atoms with van der Waals surface area (Å²) in [5.41, 5.74) is -0.0875. The van der Waals surface area contributed by atoms with Crippen LogP contribution in [0.25, 0.3) is 0 Å². The number of nitrogens with zero attached hydrogens (tertiary/aromatic N) is 3. The van der Waals surface area contributed by atoms with E-state index >= 15 is 0 Å². The van der Waals surface area contributed by atoms with Gasteiger partial charge in [0.2, 0.25) is 0 Å². The van der Waals surface area contributed by atoms with Gasteiger partial charge < -0.3 is 0 Å². The SMILES string of the molecule is N#Cc1ccc(=O)n(Br)n1. The van der Waals surface area contributed by atoms with Crippen LogP contribution in [-0.4, -0.2) is 8.81 Å². The van der Waals surface area contributed by atoms with Gasteiger partial charge in [-0.05, 0) is 6.07 Å². The molecular weight excluding hydrogens is 198 g/mol. The van der Waals surface area contributed by atoms with E-state index in [1.54, 1.807) is 6.07 Å². The molecule has 0 bridgehead atoms. The van der Waals surface area contributed by atoms with E-state index in [1.165, 1.54) is 12.1 Å². The van der Waals surface area contributed by atoms with Crippen molar-refractivity contribution in [3.05, 3.63) is 28.2 Å². The molecule has 0 aromatic carbocycles. The standard InChI is InChI=1S/C5H2BrN3O/c6-9-5(10)2-1-4(3-7)8-9/h1-2H. The van der Waals surface area contributed by atoms with Crippen molar-refractivity contribution in [1.29, 1.82) is 5.26 Å². The fourth-order valence-corrected chi connectivity index (χ4v) is 0.738. The molecule has 1 rings (SSSR count). The number of rotatable bonds is 0. The zero-order valence-corrected chi connectivity index (χ0v) is 6.37. The third kappa shape index (κ3) is 1.22. The lowest BCUT2D eigenvalue weighted by atomic mass is 10.4. The van der Waals surface area contributed by atoms with E-state index < -0.39 is 0 Å². The van der Waals surface area contributed by atoms with E-state index in [1.807, 2.05) is 0 Å². The Morgan fingerprint density at radius 2 is 2.40 bits per heavy atom. The van der Waals surface area contributed by atoms with Crippen molar-refractivity contribution in [2.45, 2.75) is 0 Å². The maximum Gasteiger partial charge on any atom is 0.277 e. The first kappa shape index (κ1) is 6.96. The lowest BCUT2D eigenvalue weighted by molar-refractivity contribution is 0.921. The highest BCUT2D eigenvalue weighted by atomic mass is 79.9. The monoisotopic (exact) mass is 199 g/mol. The lowest BCUT2D eigenvalue weighted by Gasteiger charge is -1.89. The summed E-state index contributed by atoms with van der Waals surface area (Å²) in [6, 6.07) is 4.42. The van der Waals surface area contributed by atoms with E-state index in [4.69, 9.17) is 5.26 Å². The van der Waals surface area contributed by atoms with Gasteiger partial charge in [0.25, 0.3) is 5.56 Å². The summed E-state index contributed by atoms with van der Waals surface area (Å²) in [4.78, 5) is 10.6. The van der Waals surface area contributed by atoms with Crippen molar-refractivity contribution in [3.8, 4) is 6.07 Å². The van der Waals surface area contributed by atoms with Crippen LogP contribution >= 0.6 is 16.1 Å². The molecule has 0 amide bonds. The third-order valence-electron chi connectivity index (χ3n) is 0.876. The molecule has 1 heterocycles. The minimum atomic E-state index is -0.293. The van der Waals surface area contributed by atoms with Crippen LogP contribution in [0.3, 0.4) is 0 Å². The Kier molecular flexibility index (Phi) is 1.83. The molecule has 4 nitrogen and oxygen atoms in total. The highest BCUT2D eigenvalue weighted by Crippen LogP contribution is 1.87. The van der Waals surface area contributed by atoms with Crippen molar-refractivity contribution in [3.63, 3.8) is 0 Å². The molecular formula is C5H2BrN3O. The second kappa shape index (κ2) is 2.62. The molecule has 0 aliphatic carbocycles. The average molecular weight is 200 g/mol. The molecule has 0 aliphatic rings. The molecule has 0 aliphatic heterocycles. The molecule has 1 aromatic rings. The Bertz CT molecular complexity index is 337. The summed E-state index contributed by atoms with van der Waals surface area (Å²) in [5.74, 6) is 0. The molecule has 5 heteroatoms. The summed E-state index contributed by atoms with van der Waals surface area (Å²) in [7, 11) is 0. The Morgan fingerprint density at radius 3 is 2.90 bits per heavy atom. The second-order valence-corrected chi connectivity index (χ2v) is 2.20. The van der Waals surface area contributed by atoms with Gasteiger partial charge in [0, 0.05) is 6.07 Å². The molecule has 0 radical (unpaired) electrons. The van der Waals surface area contributed by atoms with Gasteiger partial charge in [0.15, 0.2) is 5.69 Å². The predicted octanol–water partition coefficient (Wildman–Crippen LogP) is 0.273. The highest BCUT2D eigenvalue weighted by Gasteiger charge is 1.93. The quantitative estimate of drug-likeness (QED) is 0.603. The minimum absolute atomic E-state index is 0.205. The Morgan fingerprint density at radius 1 is 1.70 bits per heavy atom. The van der Waals surface area contributed by atoms with Crippen LogP contribution < -0.4 is 5.56 Å². The predicted molar refractivity (Wildman–Crippen MR) is 37.5 cm³/mol. The van der Waals surface area contributed by atoms with Crippen molar-refractivity contribution in [1.82, 2.24) is 8.81 Å². The van der Waals surface area contributed by atoms with E-state index in [9.17, 15) is 4.79 Å². The highest BCUT2D eigenvalue weighted by molar-refractivity contribution is 9.08. The van der Waals surface area contributed by atoms with Crippen molar-refractivity contribution in [2.24, 2.45) is 0 Å². The fourth-order valence-electron chi connectivity index (χ4n) is 0.449. The van der Waals surface area contributed by atoms with E-state index in [0.29, 0.717) is 0 Å². The van der Waals surface area contributed by atoms with Crippen LogP contribution in [0.2, 0.25) is 0 Å². The van der Waals surface area contributed by atoms with Gasteiger partial charge in [0.1, 0.15) is 6.07 Å². The molecule has 0 fully saturated rings. The Balaban J connectivity index is 3.34. The van der Waals surface area contributed by atoms with Crippen molar-refractivity contribution < 1.29 is 0 Å². The van der Waals surface area contributed by atoms with Crippen LogP contribution in [0, 0.1) is 11.3 Å². The van der Waals surface area contributed by atoms with Gasteiger partial charge in [-0.25, -0.2) is 0 Å². The molecule has 0 saturated heterocycles. The Hall–Kier alpha value is -1.15. The van der Waals surface area contributed by atoms with Crippen LogP contribution in [0.1, 0.15) is 5.69 Å². The van der Waals surface area contributed by atoms with Gasteiger partial charge in [-0.1, -0.05) is 0 Å². The summed E-state index contributed by atoms with van der Waals surface area (Å²) in [6.07, 6.45) is 0. The summed E-state index contributed by atoms with van der Waals surface area (Å²) in [6.45, 7) is 0. The maximum absolute atomic E-state index is 10.6. The summed E-state index contributed by atoms with van der Waals surface area (Å²) >= 11 is 2.83. The van der Waals surface area contributed by atoms with E-state index in [-0.39, 0.29) is 11.3 Å². The molecule has 50 valence electrons. The smallest absolute Gasteiger partial charge is 0.267 e. The van der Waals surface area contributed by atoms with Gasteiger partial charge in [-0.3, -0.25) is 4.79 Å². The van der Waals surface area contributed by atoms with E-state index in [0.717, 1.165) is 3.71 Å². The minimum Gasteiger partial charge on any atom is -0.267 e. The zero-order valence-electron chi connectivity index (χ0n) is 4.78. The second-order valence-electron chi connectivity index (χ2n) is 1.53. The molecule has 0 N–H and O–H groups in total. The first-order valence-electron chi connectivity index (χ1n) is 2.40. The largest absolute Gasteiger partial charge is 0.277 e. The van der Waals surface area contributed by atoms with Crippen LogP contribution in [0.5, 0.6) is 0 Å². The fraction of sp³-hybridized carbons (Fsp3) is 0. The zero-order chi connectivity index (χ0) is 7.56. The molecule has 10 heavy (non-hydrogen) atoms. The van der Waals surface area contributed by atoms with Crippen molar-refractivity contribution >= 4 is 16.1 Å². The van der Waals surface area contributed by atoms with Gasteiger partial charge in [0.05, 0.1) is 16.1 Å². The third-order valence-corrected chi connectivity index (χ3v) is 1.38. The number of hydrogen-bond donors (Lipinski definition) is 0. The first-order valence-corrected chi connectivity index (χ1v) is 3.11. The van der Waals surface area contributed by atoms with Crippen molar-refractivity contribution in [2.75, 3.05) is 0 Å². The molecule has 0 saturated carbocycles. The van der Waals surface area contributed by atoms with Gasteiger partial charge in [-0.2, -0.15) is 8.97 Å². The summed E-state index contributed by atoms with van der Waals surface area (Å²) < 4.78 is 0.936. The van der Waals surface area contributed by atoms with Gasteiger partial charge >= 0.3 is 0 Å². The van der Waals surface area contributed by atoms with Gasteiger partial charge in [-0.15, -0.1) is 5.10 Å². The molecule has 1 aromatic heterocycles. The average Bonchev–Trinajstić information content (AvgIpc) is 1.95. The normalized spacial score (nSPS) is 8.80. The first-order chi connectivity index (χ1) is 4.74.